The molecular formula is C13H20N2O2. The van der Waals surface area contributed by atoms with Gasteiger partial charge >= 0.3 is 0 Å². The molecule has 0 bridgehead atoms. The number of carbonyl (C=O) groups is 1. The molecule has 0 fully saturated rings. The van der Waals surface area contributed by atoms with Crippen molar-refractivity contribution in [3.63, 3.8) is 0 Å². The molecule has 0 saturated heterocycles. The molecule has 0 saturated carbocycles. The first-order valence-corrected chi connectivity index (χ1v) is 5.78. The van der Waals surface area contributed by atoms with Crippen LogP contribution in [0.3, 0.4) is 0 Å². The van der Waals surface area contributed by atoms with Crippen molar-refractivity contribution < 1.29 is 9.53 Å². The SMILES string of the molecule is CC(C)CNCc1ccc(OCC(N)=O)cc1. The maximum absolute atomic E-state index is 10.5. The smallest absolute Gasteiger partial charge is 0.255 e. The highest BCUT2D eigenvalue weighted by atomic mass is 16.5. The van der Waals surface area contributed by atoms with E-state index < -0.39 is 5.91 Å². The first-order chi connectivity index (χ1) is 8.08. The Bertz CT molecular complexity index is 347. The van der Waals surface area contributed by atoms with Crippen LogP contribution in [-0.4, -0.2) is 19.1 Å². The highest BCUT2D eigenvalue weighted by molar-refractivity contribution is 5.75. The van der Waals surface area contributed by atoms with Gasteiger partial charge in [-0.25, -0.2) is 0 Å². The first kappa shape index (κ1) is 13.5. The van der Waals surface area contributed by atoms with Gasteiger partial charge in [-0.1, -0.05) is 26.0 Å². The van der Waals surface area contributed by atoms with E-state index in [1.54, 1.807) is 0 Å². The van der Waals surface area contributed by atoms with Crippen LogP contribution in [0.1, 0.15) is 19.4 Å². The van der Waals surface area contributed by atoms with Crippen LogP contribution in [0.25, 0.3) is 0 Å². The summed E-state index contributed by atoms with van der Waals surface area (Å²) in [6.07, 6.45) is 0. The summed E-state index contributed by atoms with van der Waals surface area (Å²) in [5.41, 5.74) is 6.18. The molecule has 94 valence electrons. The summed E-state index contributed by atoms with van der Waals surface area (Å²) in [5.74, 6) is 0.845. The Labute approximate surface area is 102 Å². The van der Waals surface area contributed by atoms with E-state index >= 15 is 0 Å². The zero-order valence-electron chi connectivity index (χ0n) is 10.4. The molecule has 1 amide bonds. The molecule has 1 aromatic carbocycles. The van der Waals surface area contributed by atoms with Crippen molar-refractivity contribution >= 4 is 5.91 Å². The molecule has 0 aliphatic carbocycles. The number of ether oxygens (including phenoxy) is 1. The van der Waals surface area contributed by atoms with Gasteiger partial charge in [0.15, 0.2) is 6.61 Å². The molecule has 3 N–H and O–H groups in total. The fourth-order valence-electron chi connectivity index (χ4n) is 1.36. The molecule has 0 spiro atoms. The molecule has 17 heavy (non-hydrogen) atoms. The minimum absolute atomic E-state index is 0.0784. The fraction of sp³-hybridized carbons (Fsp3) is 0.462. The fourth-order valence-corrected chi connectivity index (χ4v) is 1.36. The van der Waals surface area contributed by atoms with E-state index in [-0.39, 0.29) is 6.61 Å². The number of nitrogens with one attached hydrogen (secondary N) is 1. The van der Waals surface area contributed by atoms with Crippen LogP contribution in [0.2, 0.25) is 0 Å². The van der Waals surface area contributed by atoms with Crippen molar-refractivity contribution in [1.82, 2.24) is 5.32 Å². The number of rotatable bonds is 7. The summed E-state index contributed by atoms with van der Waals surface area (Å²) in [5, 5.41) is 3.36. The third-order valence-corrected chi connectivity index (χ3v) is 2.19. The molecule has 4 nitrogen and oxygen atoms in total. The van der Waals surface area contributed by atoms with E-state index in [0.717, 1.165) is 13.1 Å². The van der Waals surface area contributed by atoms with Crippen LogP contribution < -0.4 is 15.8 Å². The Kier molecular flexibility index (Phi) is 5.49. The topological polar surface area (TPSA) is 64.3 Å². The van der Waals surface area contributed by atoms with Crippen LogP contribution in [0.5, 0.6) is 5.75 Å². The molecule has 0 unspecified atom stereocenters. The van der Waals surface area contributed by atoms with Gasteiger partial charge in [0.2, 0.25) is 0 Å². The van der Waals surface area contributed by atoms with Crippen LogP contribution in [-0.2, 0) is 11.3 Å². The molecular weight excluding hydrogens is 216 g/mol. The Morgan fingerprint density at radius 1 is 1.35 bits per heavy atom. The summed E-state index contributed by atoms with van der Waals surface area (Å²) in [6, 6.07) is 7.64. The van der Waals surface area contributed by atoms with Crippen molar-refractivity contribution in [2.24, 2.45) is 11.7 Å². The van der Waals surface area contributed by atoms with Gasteiger partial charge in [-0.2, -0.15) is 0 Å². The molecule has 0 heterocycles. The molecule has 0 aliphatic heterocycles. The highest BCUT2D eigenvalue weighted by Crippen LogP contribution is 2.11. The van der Waals surface area contributed by atoms with Crippen molar-refractivity contribution in [3.8, 4) is 5.75 Å². The largest absolute Gasteiger partial charge is 0.484 e. The van der Waals surface area contributed by atoms with Gasteiger partial charge in [-0.3, -0.25) is 4.79 Å². The van der Waals surface area contributed by atoms with Crippen molar-refractivity contribution in [1.29, 1.82) is 0 Å². The lowest BCUT2D eigenvalue weighted by Gasteiger charge is -2.08. The highest BCUT2D eigenvalue weighted by Gasteiger charge is 1.98. The number of carbonyl (C=O) groups excluding carboxylic acids is 1. The molecule has 4 heteroatoms. The van der Waals surface area contributed by atoms with E-state index in [2.05, 4.69) is 19.2 Å². The molecule has 0 radical (unpaired) electrons. The lowest BCUT2D eigenvalue weighted by atomic mass is 10.2. The predicted octanol–water partition coefficient (Wildman–Crippen LogP) is 1.30. The van der Waals surface area contributed by atoms with E-state index in [1.165, 1.54) is 5.56 Å². The molecule has 0 atom stereocenters. The average molecular weight is 236 g/mol. The van der Waals surface area contributed by atoms with Crippen molar-refractivity contribution in [2.75, 3.05) is 13.2 Å². The predicted molar refractivity (Wildman–Crippen MR) is 67.7 cm³/mol. The summed E-state index contributed by atoms with van der Waals surface area (Å²) >= 11 is 0. The van der Waals surface area contributed by atoms with Gasteiger partial charge in [-0.15, -0.1) is 0 Å². The van der Waals surface area contributed by atoms with Gasteiger partial charge in [0.25, 0.3) is 5.91 Å². The number of amides is 1. The quantitative estimate of drug-likeness (QED) is 0.750. The zero-order chi connectivity index (χ0) is 12.7. The number of primary amides is 1. The van der Waals surface area contributed by atoms with Crippen molar-refractivity contribution in [2.45, 2.75) is 20.4 Å². The Morgan fingerprint density at radius 2 is 2.00 bits per heavy atom. The number of nitrogens with two attached hydrogens (primary N) is 1. The molecule has 0 aromatic heterocycles. The molecule has 1 aromatic rings. The Morgan fingerprint density at radius 3 is 2.53 bits per heavy atom. The normalized spacial score (nSPS) is 10.5. The first-order valence-electron chi connectivity index (χ1n) is 5.78. The third kappa shape index (κ3) is 5.92. The standard InChI is InChI=1S/C13H20N2O2/c1-10(2)7-15-8-11-3-5-12(6-4-11)17-9-13(14)16/h3-6,10,15H,7-9H2,1-2H3,(H2,14,16). The second-order valence-corrected chi connectivity index (χ2v) is 4.42. The zero-order valence-corrected chi connectivity index (χ0v) is 10.4. The van der Waals surface area contributed by atoms with Gasteiger partial charge < -0.3 is 15.8 Å². The second kappa shape index (κ2) is 6.91. The van der Waals surface area contributed by atoms with E-state index in [4.69, 9.17) is 10.5 Å². The van der Waals surface area contributed by atoms with Crippen LogP contribution >= 0.6 is 0 Å². The maximum Gasteiger partial charge on any atom is 0.255 e. The van der Waals surface area contributed by atoms with Crippen molar-refractivity contribution in [3.05, 3.63) is 29.8 Å². The number of hydrogen-bond donors (Lipinski definition) is 2. The van der Waals surface area contributed by atoms with E-state index in [1.807, 2.05) is 24.3 Å². The monoisotopic (exact) mass is 236 g/mol. The van der Waals surface area contributed by atoms with E-state index in [0.29, 0.717) is 11.7 Å². The van der Waals surface area contributed by atoms with E-state index in [9.17, 15) is 4.79 Å². The Balaban J connectivity index is 2.36. The second-order valence-electron chi connectivity index (χ2n) is 4.42. The van der Waals surface area contributed by atoms with Gasteiger partial charge in [0.1, 0.15) is 5.75 Å². The minimum Gasteiger partial charge on any atom is -0.484 e. The maximum atomic E-state index is 10.5. The number of benzene rings is 1. The molecule has 1 rings (SSSR count). The minimum atomic E-state index is -0.465. The summed E-state index contributed by atoms with van der Waals surface area (Å²) in [6.45, 7) is 6.11. The summed E-state index contributed by atoms with van der Waals surface area (Å²) in [7, 11) is 0. The van der Waals surface area contributed by atoms with Crippen LogP contribution in [0.15, 0.2) is 24.3 Å². The van der Waals surface area contributed by atoms with Gasteiger partial charge in [0.05, 0.1) is 0 Å². The summed E-state index contributed by atoms with van der Waals surface area (Å²) < 4.78 is 5.17. The lowest BCUT2D eigenvalue weighted by molar-refractivity contribution is -0.119. The third-order valence-electron chi connectivity index (χ3n) is 2.19. The summed E-state index contributed by atoms with van der Waals surface area (Å²) in [4.78, 5) is 10.5. The van der Waals surface area contributed by atoms with Crippen LogP contribution in [0.4, 0.5) is 0 Å². The average Bonchev–Trinajstić information content (AvgIpc) is 2.27. The number of hydrogen-bond acceptors (Lipinski definition) is 3. The Hall–Kier alpha value is -1.55. The van der Waals surface area contributed by atoms with Gasteiger partial charge in [-0.05, 0) is 30.2 Å². The van der Waals surface area contributed by atoms with Crippen LogP contribution in [0, 0.1) is 5.92 Å². The lowest BCUT2D eigenvalue weighted by Crippen LogP contribution is -2.20. The molecule has 0 aliphatic rings. The van der Waals surface area contributed by atoms with Gasteiger partial charge in [0, 0.05) is 6.54 Å².